The van der Waals surface area contributed by atoms with Crippen molar-refractivity contribution in [1.29, 1.82) is 0 Å². The van der Waals surface area contributed by atoms with E-state index in [0.717, 1.165) is 24.9 Å². The summed E-state index contributed by atoms with van der Waals surface area (Å²) >= 11 is 0. The zero-order chi connectivity index (χ0) is 13.8. The van der Waals surface area contributed by atoms with Crippen molar-refractivity contribution in [2.75, 3.05) is 5.32 Å². The van der Waals surface area contributed by atoms with E-state index in [9.17, 15) is 4.79 Å². The van der Waals surface area contributed by atoms with Crippen molar-refractivity contribution in [2.45, 2.75) is 58.5 Å². The molecule has 1 aliphatic rings. The number of carbonyl (C=O) groups is 1. The fourth-order valence-corrected chi connectivity index (χ4v) is 2.83. The van der Waals surface area contributed by atoms with Crippen LogP contribution in [0.5, 0.6) is 0 Å². The van der Waals surface area contributed by atoms with Crippen molar-refractivity contribution < 1.29 is 4.79 Å². The van der Waals surface area contributed by atoms with Gasteiger partial charge in [0.15, 0.2) is 0 Å². The lowest BCUT2D eigenvalue weighted by atomic mass is 9.98. The zero-order valence-corrected chi connectivity index (χ0v) is 12.1. The van der Waals surface area contributed by atoms with Crippen molar-refractivity contribution in [3.05, 3.63) is 29.8 Å². The van der Waals surface area contributed by atoms with Gasteiger partial charge in [-0.15, -0.1) is 0 Å². The molecule has 104 valence electrons. The first-order valence-corrected chi connectivity index (χ1v) is 7.30. The molecule has 0 bridgehead atoms. The van der Waals surface area contributed by atoms with Crippen molar-refractivity contribution >= 4 is 11.7 Å². The van der Waals surface area contributed by atoms with Crippen LogP contribution in [0.15, 0.2) is 24.3 Å². The molecule has 0 spiro atoms. The molecule has 0 saturated carbocycles. The second-order valence-corrected chi connectivity index (χ2v) is 5.52. The summed E-state index contributed by atoms with van der Waals surface area (Å²) in [6.07, 6.45) is 4.45. The Hall–Kier alpha value is -1.51. The molecule has 1 saturated heterocycles. The van der Waals surface area contributed by atoms with Crippen LogP contribution in [0.3, 0.4) is 0 Å². The molecule has 2 rings (SSSR count). The van der Waals surface area contributed by atoms with Gasteiger partial charge < -0.3 is 10.2 Å². The van der Waals surface area contributed by atoms with E-state index in [1.807, 2.05) is 17.0 Å². The first-order valence-electron chi connectivity index (χ1n) is 7.30. The van der Waals surface area contributed by atoms with Crippen LogP contribution in [0.2, 0.25) is 0 Å². The fourth-order valence-electron chi connectivity index (χ4n) is 2.83. The maximum absolute atomic E-state index is 12.4. The summed E-state index contributed by atoms with van der Waals surface area (Å²) in [6.45, 7) is 6.40. The summed E-state index contributed by atoms with van der Waals surface area (Å²) in [5, 5.41) is 3.01. The summed E-state index contributed by atoms with van der Waals surface area (Å²) in [7, 11) is 0. The highest BCUT2D eigenvalue weighted by atomic mass is 16.2. The number of nitrogens with zero attached hydrogens (tertiary/aromatic N) is 1. The summed E-state index contributed by atoms with van der Waals surface area (Å²) in [5.41, 5.74) is 2.17. The number of anilines is 1. The predicted molar refractivity (Wildman–Crippen MR) is 79.5 cm³/mol. The number of urea groups is 1. The number of aryl methyl sites for hydroxylation is 1. The molecular weight excluding hydrogens is 236 g/mol. The number of carbonyl (C=O) groups excluding carboxylic acids is 1. The molecule has 1 aliphatic heterocycles. The van der Waals surface area contributed by atoms with Crippen LogP contribution in [0.1, 0.15) is 45.6 Å². The quantitative estimate of drug-likeness (QED) is 0.855. The van der Waals surface area contributed by atoms with Gasteiger partial charge in [-0.25, -0.2) is 4.79 Å². The van der Waals surface area contributed by atoms with Gasteiger partial charge >= 0.3 is 6.03 Å². The SMILES string of the molecule is CCc1ccc(NC(=O)N2[C@H](C)CCC[C@H]2C)cc1. The van der Waals surface area contributed by atoms with Crippen LogP contribution >= 0.6 is 0 Å². The highest BCUT2D eigenvalue weighted by Gasteiger charge is 2.28. The standard InChI is InChI=1S/C16H24N2O/c1-4-14-8-10-15(11-9-14)17-16(19)18-12(2)6-5-7-13(18)3/h8-13H,4-7H2,1-3H3,(H,17,19)/t12-,13-/m1/s1. The molecule has 3 heteroatoms. The second kappa shape index (κ2) is 6.09. The molecule has 1 heterocycles. The molecule has 2 amide bonds. The number of nitrogens with one attached hydrogen (secondary N) is 1. The van der Waals surface area contributed by atoms with Crippen molar-refractivity contribution in [2.24, 2.45) is 0 Å². The molecule has 0 unspecified atom stereocenters. The van der Waals surface area contributed by atoms with Crippen LogP contribution in [0.25, 0.3) is 0 Å². The fraction of sp³-hybridized carbons (Fsp3) is 0.562. The Kier molecular flexibility index (Phi) is 4.46. The topological polar surface area (TPSA) is 32.3 Å². The van der Waals surface area contributed by atoms with Gasteiger partial charge in [0.1, 0.15) is 0 Å². The van der Waals surface area contributed by atoms with Gasteiger partial charge in [0.25, 0.3) is 0 Å². The normalized spacial score (nSPS) is 23.2. The van der Waals surface area contributed by atoms with Crippen LogP contribution in [0, 0.1) is 0 Å². The summed E-state index contributed by atoms with van der Waals surface area (Å²) < 4.78 is 0. The first-order chi connectivity index (χ1) is 9.11. The maximum Gasteiger partial charge on any atom is 0.322 e. The van der Waals surface area contributed by atoms with E-state index in [1.54, 1.807) is 0 Å². The van der Waals surface area contributed by atoms with Crippen LogP contribution in [-0.4, -0.2) is 23.0 Å². The lowest BCUT2D eigenvalue weighted by Crippen LogP contribution is -2.49. The summed E-state index contributed by atoms with van der Waals surface area (Å²) in [5.74, 6) is 0. The molecule has 1 aromatic carbocycles. The second-order valence-electron chi connectivity index (χ2n) is 5.52. The molecule has 0 aromatic heterocycles. The third-order valence-corrected chi connectivity index (χ3v) is 4.04. The molecule has 1 N–H and O–H groups in total. The molecule has 0 radical (unpaired) electrons. The van der Waals surface area contributed by atoms with Gasteiger partial charge in [-0.2, -0.15) is 0 Å². The van der Waals surface area contributed by atoms with E-state index in [2.05, 4.69) is 38.2 Å². The van der Waals surface area contributed by atoms with Gasteiger partial charge in [-0.05, 0) is 57.2 Å². The average Bonchev–Trinajstić information content (AvgIpc) is 2.39. The molecule has 1 aromatic rings. The smallest absolute Gasteiger partial charge is 0.319 e. The van der Waals surface area contributed by atoms with E-state index in [-0.39, 0.29) is 6.03 Å². The third kappa shape index (κ3) is 3.28. The van der Waals surface area contributed by atoms with Gasteiger partial charge in [-0.3, -0.25) is 0 Å². The molecule has 2 atom stereocenters. The Morgan fingerprint density at radius 1 is 1.21 bits per heavy atom. The monoisotopic (exact) mass is 260 g/mol. The third-order valence-electron chi connectivity index (χ3n) is 4.04. The maximum atomic E-state index is 12.4. The van der Waals surface area contributed by atoms with E-state index < -0.39 is 0 Å². The Bertz CT molecular complexity index is 417. The van der Waals surface area contributed by atoms with Crippen molar-refractivity contribution in [3.63, 3.8) is 0 Å². The molecule has 1 fully saturated rings. The Balaban J connectivity index is 2.02. The number of likely N-dealkylation sites (tertiary alicyclic amines) is 1. The average molecular weight is 260 g/mol. The lowest BCUT2D eigenvalue weighted by Gasteiger charge is -2.38. The minimum absolute atomic E-state index is 0.0314. The van der Waals surface area contributed by atoms with Gasteiger partial charge in [0, 0.05) is 17.8 Å². The minimum Gasteiger partial charge on any atom is -0.319 e. The van der Waals surface area contributed by atoms with Gasteiger partial charge in [0.2, 0.25) is 0 Å². The van der Waals surface area contributed by atoms with Crippen molar-refractivity contribution in [1.82, 2.24) is 4.90 Å². The van der Waals surface area contributed by atoms with E-state index in [4.69, 9.17) is 0 Å². The Morgan fingerprint density at radius 2 is 1.79 bits per heavy atom. The molecular formula is C16H24N2O. The van der Waals surface area contributed by atoms with Crippen LogP contribution in [0.4, 0.5) is 10.5 Å². The van der Waals surface area contributed by atoms with Gasteiger partial charge in [-0.1, -0.05) is 19.1 Å². The largest absolute Gasteiger partial charge is 0.322 e. The number of hydrogen-bond acceptors (Lipinski definition) is 1. The van der Waals surface area contributed by atoms with Crippen LogP contribution < -0.4 is 5.32 Å². The molecule has 0 aliphatic carbocycles. The first kappa shape index (κ1) is 13.9. The highest BCUT2D eigenvalue weighted by Crippen LogP contribution is 2.23. The summed E-state index contributed by atoms with van der Waals surface area (Å²) in [4.78, 5) is 14.3. The number of hydrogen-bond donors (Lipinski definition) is 1. The Morgan fingerprint density at radius 3 is 2.32 bits per heavy atom. The summed E-state index contributed by atoms with van der Waals surface area (Å²) in [6, 6.07) is 8.80. The van der Waals surface area contributed by atoms with E-state index in [1.165, 1.54) is 12.0 Å². The van der Waals surface area contributed by atoms with Gasteiger partial charge in [0.05, 0.1) is 0 Å². The molecule has 3 nitrogen and oxygen atoms in total. The van der Waals surface area contributed by atoms with Crippen molar-refractivity contribution in [3.8, 4) is 0 Å². The number of amides is 2. The number of piperidine rings is 1. The zero-order valence-electron chi connectivity index (χ0n) is 12.1. The molecule has 19 heavy (non-hydrogen) atoms. The Labute approximate surface area is 116 Å². The number of benzene rings is 1. The predicted octanol–water partition coefficient (Wildman–Crippen LogP) is 4.04. The number of rotatable bonds is 2. The van der Waals surface area contributed by atoms with E-state index >= 15 is 0 Å². The highest BCUT2D eigenvalue weighted by molar-refractivity contribution is 5.89. The van der Waals surface area contributed by atoms with E-state index in [0.29, 0.717) is 12.1 Å². The van der Waals surface area contributed by atoms with Crippen LogP contribution in [-0.2, 0) is 6.42 Å². The lowest BCUT2D eigenvalue weighted by molar-refractivity contribution is 0.133. The minimum atomic E-state index is 0.0314.